The van der Waals surface area contributed by atoms with E-state index in [1.165, 1.54) is 6.07 Å². The van der Waals surface area contributed by atoms with E-state index < -0.39 is 5.82 Å². The fourth-order valence-electron chi connectivity index (χ4n) is 2.45. The highest BCUT2D eigenvalue weighted by Gasteiger charge is 2.32. The zero-order valence-electron chi connectivity index (χ0n) is 12.6. The summed E-state index contributed by atoms with van der Waals surface area (Å²) in [5, 5.41) is 2.70. The van der Waals surface area contributed by atoms with E-state index in [1.807, 2.05) is 37.3 Å². The van der Waals surface area contributed by atoms with Gasteiger partial charge in [-0.05, 0) is 43.0 Å². The number of hydrogen-bond donors (Lipinski definition) is 1. The maximum atomic E-state index is 13.8. The summed E-state index contributed by atoms with van der Waals surface area (Å²) in [6.07, 6.45) is 2.02. The molecule has 3 nitrogen and oxygen atoms in total. The van der Waals surface area contributed by atoms with Crippen molar-refractivity contribution in [1.82, 2.24) is 4.90 Å². The van der Waals surface area contributed by atoms with Crippen molar-refractivity contribution < 1.29 is 9.18 Å². The molecule has 3 rings (SSSR count). The maximum Gasteiger partial charge on any atom is 0.322 e. The molecule has 4 heteroatoms. The van der Waals surface area contributed by atoms with E-state index in [0.717, 1.165) is 24.0 Å². The van der Waals surface area contributed by atoms with Gasteiger partial charge in [0, 0.05) is 12.6 Å². The molecule has 1 fully saturated rings. The van der Waals surface area contributed by atoms with Crippen LogP contribution in [0.2, 0.25) is 0 Å². The smallest absolute Gasteiger partial charge is 0.317 e. The minimum Gasteiger partial charge on any atom is -0.317 e. The van der Waals surface area contributed by atoms with Crippen LogP contribution in [-0.4, -0.2) is 17.0 Å². The van der Waals surface area contributed by atoms with Crippen molar-refractivity contribution in [2.45, 2.75) is 32.4 Å². The number of carbonyl (C=O) groups excluding carboxylic acids is 1. The highest BCUT2D eigenvalue weighted by atomic mass is 19.1. The Labute approximate surface area is 129 Å². The lowest BCUT2D eigenvalue weighted by molar-refractivity contribution is 0.206. The Morgan fingerprint density at radius 1 is 1.23 bits per heavy atom. The van der Waals surface area contributed by atoms with Crippen LogP contribution in [0.15, 0.2) is 48.5 Å². The molecule has 0 saturated heterocycles. The van der Waals surface area contributed by atoms with Crippen LogP contribution in [0.4, 0.5) is 14.9 Å². The first kappa shape index (κ1) is 14.6. The number of anilines is 1. The number of nitrogens with one attached hydrogen (secondary N) is 1. The predicted octanol–water partition coefficient (Wildman–Crippen LogP) is 4.33. The lowest BCUT2D eigenvalue weighted by Gasteiger charge is -2.23. The molecule has 0 aliphatic heterocycles. The molecule has 114 valence electrons. The number of aryl methyl sites for hydroxylation is 1. The van der Waals surface area contributed by atoms with Gasteiger partial charge in [0.25, 0.3) is 0 Å². The summed E-state index contributed by atoms with van der Waals surface area (Å²) < 4.78 is 13.8. The van der Waals surface area contributed by atoms with Gasteiger partial charge in [-0.25, -0.2) is 9.18 Å². The molecule has 1 saturated carbocycles. The minimum absolute atomic E-state index is 0.240. The van der Waals surface area contributed by atoms with Crippen molar-refractivity contribution in [3.63, 3.8) is 0 Å². The SMILES string of the molecule is Cc1ccc(F)c(NC(=O)N(Cc2ccccc2)C2CC2)c1. The average Bonchev–Trinajstić information content (AvgIpc) is 3.34. The Balaban J connectivity index is 1.74. The van der Waals surface area contributed by atoms with E-state index in [2.05, 4.69) is 5.32 Å². The van der Waals surface area contributed by atoms with Crippen LogP contribution in [0.25, 0.3) is 0 Å². The number of amides is 2. The molecule has 22 heavy (non-hydrogen) atoms. The molecule has 0 bridgehead atoms. The first-order valence-corrected chi connectivity index (χ1v) is 7.51. The van der Waals surface area contributed by atoms with Crippen LogP contribution in [0.5, 0.6) is 0 Å². The van der Waals surface area contributed by atoms with Gasteiger partial charge in [-0.3, -0.25) is 0 Å². The van der Waals surface area contributed by atoms with Gasteiger partial charge in [-0.15, -0.1) is 0 Å². The Morgan fingerprint density at radius 3 is 2.64 bits per heavy atom. The molecule has 1 N–H and O–H groups in total. The van der Waals surface area contributed by atoms with Crippen LogP contribution in [-0.2, 0) is 6.54 Å². The first-order valence-electron chi connectivity index (χ1n) is 7.51. The summed E-state index contributed by atoms with van der Waals surface area (Å²) in [4.78, 5) is 14.3. The number of halogens is 1. The van der Waals surface area contributed by atoms with E-state index in [-0.39, 0.29) is 17.8 Å². The molecular formula is C18H19FN2O. The summed E-state index contributed by atoms with van der Waals surface area (Å²) in [6.45, 7) is 2.42. The number of hydrogen-bond acceptors (Lipinski definition) is 1. The molecular weight excluding hydrogens is 279 g/mol. The van der Waals surface area contributed by atoms with Gasteiger partial charge in [0.2, 0.25) is 0 Å². The third-order valence-corrected chi connectivity index (χ3v) is 3.81. The maximum absolute atomic E-state index is 13.8. The number of nitrogens with zero attached hydrogens (tertiary/aromatic N) is 1. The van der Waals surface area contributed by atoms with E-state index in [1.54, 1.807) is 17.0 Å². The predicted molar refractivity (Wildman–Crippen MR) is 85.2 cm³/mol. The summed E-state index contributed by atoms with van der Waals surface area (Å²) in [7, 11) is 0. The summed E-state index contributed by atoms with van der Waals surface area (Å²) in [5.41, 5.74) is 2.23. The van der Waals surface area contributed by atoms with Gasteiger partial charge in [0.05, 0.1) is 5.69 Å². The summed E-state index contributed by atoms with van der Waals surface area (Å²) in [6, 6.07) is 14.6. The van der Waals surface area contributed by atoms with Gasteiger partial charge in [-0.2, -0.15) is 0 Å². The highest BCUT2D eigenvalue weighted by molar-refractivity contribution is 5.90. The Kier molecular flexibility index (Phi) is 4.09. The van der Waals surface area contributed by atoms with Crippen LogP contribution >= 0.6 is 0 Å². The first-order chi connectivity index (χ1) is 10.6. The van der Waals surface area contributed by atoms with E-state index in [0.29, 0.717) is 6.54 Å². The fraction of sp³-hybridized carbons (Fsp3) is 0.278. The zero-order valence-corrected chi connectivity index (χ0v) is 12.6. The van der Waals surface area contributed by atoms with E-state index in [4.69, 9.17) is 0 Å². The Morgan fingerprint density at radius 2 is 1.95 bits per heavy atom. The molecule has 1 aliphatic rings. The van der Waals surface area contributed by atoms with Crippen LogP contribution in [0.1, 0.15) is 24.0 Å². The molecule has 0 spiro atoms. The number of carbonyl (C=O) groups is 1. The normalized spacial score (nSPS) is 13.7. The van der Waals surface area contributed by atoms with Gasteiger partial charge in [-0.1, -0.05) is 36.4 Å². The molecule has 0 aromatic heterocycles. The molecule has 0 radical (unpaired) electrons. The van der Waals surface area contributed by atoms with Crippen molar-refractivity contribution >= 4 is 11.7 Å². The molecule has 2 amide bonds. The van der Waals surface area contributed by atoms with E-state index >= 15 is 0 Å². The number of urea groups is 1. The third kappa shape index (κ3) is 3.45. The van der Waals surface area contributed by atoms with Gasteiger partial charge < -0.3 is 10.2 Å². The van der Waals surface area contributed by atoms with Gasteiger partial charge >= 0.3 is 6.03 Å². The molecule has 2 aromatic rings. The quantitative estimate of drug-likeness (QED) is 0.895. The third-order valence-electron chi connectivity index (χ3n) is 3.81. The summed E-state index contributed by atoms with van der Waals surface area (Å²) >= 11 is 0. The van der Waals surface area contributed by atoms with Crippen LogP contribution < -0.4 is 5.32 Å². The highest BCUT2D eigenvalue weighted by Crippen LogP contribution is 2.29. The topological polar surface area (TPSA) is 32.3 Å². The Bertz CT molecular complexity index is 668. The second-order valence-corrected chi connectivity index (χ2v) is 5.76. The number of benzene rings is 2. The standard InChI is InChI=1S/C18H19FN2O/c1-13-7-10-16(19)17(11-13)20-18(22)21(15-8-9-15)12-14-5-3-2-4-6-14/h2-7,10-11,15H,8-9,12H2,1H3,(H,20,22). The molecule has 0 unspecified atom stereocenters. The van der Waals surface area contributed by atoms with Crippen molar-refractivity contribution in [3.05, 3.63) is 65.5 Å². The molecule has 2 aromatic carbocycles. The molecule has 0 atom stereocenters. The summed E-state index contributed by atoms with van der Waals surface area (Å²) in [5.74, 6) is -0.408. The molecule has 1 aliphatic carbocycles. The van der Waals surface area contributed by atoms with Gasteiger partial charge in [0.1, 0.15) is 5.82 Å². The largest absolute Gasteiger partial charge is 0.322 e. The van der Waals surface area contributed by atoms with Crippen molar-refractivity contribution in [2.75, 3.05) is 5.32 Å². The van der Waals surface area contributed by atoms with Crippen LogP contribution in [0, 0.1) is 12.7 Å². The monoisotopic (exact) mass is 298 g/mol. The minimum atomic E-state index is -0.408. The second-order valence-electron chi connectivity index (χ2n) is 5.76. The van der Waals surface area contributed by atoms with Crippen molar-refractivity contribution in [3.8, 4) is 0 Å². The molecule has 0 heterocycles. The van der Waals surface area contributed by atoms with Crippen LogP contribution in [0.3, 0.4) is 0 Å². The Hall–Kier alpha value is -2.36. The van der Waals surface area contributed by atoms with E-state index in [9.17, 15) is 9.18 Å². The fourth-order valence-corrected chi connectivity index (χ4v) is 2.45. The van der Waals surface area contributed by atoms with Gasteiger partial charge in [0.15, 0.2) is 0 Å². The average molecular weight is 298 g/mol. The lowest BCUT2D eigenvalue weighted by atomic mass is 10.2. The second kappa shape index (κ2) is 6.18. The number of rotatable bonds is 4. The zero-order chi connectivity index (χ0) is 15.5. The van der Waals surface area contributed by atoms with Crippen molar-refractivity contribution in [2.24, 2.45) is 0 Å². The van der Waals surface area contributed by atoms with Crippen molar-refractivity contribution in [1.29, 1.82) is 0 Å². The lowest BCUT2D eigenvalue weighted by Crippen LogP contribution is -2.36.